The first kappa shape index (κ1) is 12.7. The first-order valence-corrected chi connectivity index (χ1v) is 7.31. The molecule has 0 aliphatic carbocycles. The fourth-order valence-electron chi connectivity index (χ4n) is 2.17. The lowest BCUT2D eigenvalue weighted by Crippen LogP contribution is -2.09. The predicted molar refractivity (Wildman–Crippen MR) is 70.8 cm³/mol. The van der Waals surface area contributed by atoms with Crippen molar-refractivity contribution in [1.29, 1.82) is 0 Å². The molecular weight excluding hydrogens is 232 g/mol. The average Bonchev–Trinajstić information content (AvgIpc) is 2.89. The number of hydrogen-bond acceptors (Lipinski definition) is 3. The van der Waals surface area contributed by atoms with Gasteiger partial charge in [-0.3, -0.25) is 4.79 Å². The summed E-state index contributed by atoms with van der Waals surface area (Å²) in [7, 11) is 0. The number of hydrogen-bond donors (Lipinski definition) is 0. The van der Waals surface area contributed by atoms with E-state index in [0.29, 0.717) is 12.5 Å². The monoisotopic (exact) mass is 250 g/mol. The highest BCUT2D eigenvalue weighted by atomic mass is 32.2. The Morgan fingerprint density at radius 1 is 1.47 bits per heavy atom. The van der Waals surface area contributed by atoms with E-state index < -0.39 is 0 Å². The summed E-state index contributed by atoms with van der Waals surface area (Å²) in [6, 6.07) is 7.83. The molecule has 0 spiro atoms. The molecule has 1 aliphatic rings. The third-order valence-electron chi connectivity index (χ3n) is 3.12. The Kier molecular flexibility index (Phi) is 4.63. The molecule has 0 radical (unpaired) electrons. The Hall–Kier alpha value is -0.800. The normalized spacial score (nSPS) is 19.5. The van der Waals surface area contributed by atoms with E-state index in [2.05, 4.69) is 0 Å². The lowest BCUT2D eigenvalue weighted by atomic mass is 10.0. The van der Waals surface area contributed by atoms with Crippen LogP contribution in [-0.4, -0.2) is 24.7 Å². The SMILES string of the molecule is CSc1ccccc1C(=O)CCC1CCCO1. The Labute approximate surface area is 107 Å². The highest BCUT2D eigenvalue weighted by Crippen LogP contribution is 2.23. The van der Waals surface area contributed by atoms with Crippen LogP contribution in [0.4, 0.5) is 0 Å². The molecule has 1 saturated heterocycles. The molecule has 17 heavy (non-hydrogen) atoms. The maximum atomic E-state index is 12.1. The lowest BCUT2D eigenvalue weighted by molar-refractivity contribution is 0.0857. The molecule has 0 aromatic heterocycles. The van der Waals surface area contributed by atoms with Crippen molar-refractivity contribution in [2.45, 2.75) is 36.7 Å². The second-order valence-corrected chi connectivity index (χ2v) is 5.15. The summed E-state index contributed by atoms with van der Waals surface area (Å²) >= 11 is 1.63. The van der Waals surface area contributed by atoms with Gasteiger partial charge in [0.2, 0.25) is 0 Å². The fourth-order valence-corrected chi connectivity index (χ4v) is 2.79. The molecule has 1 unspecified atom stereocenters. The summed E-state index contributed by atoms with van der Waals surface area (Å²) in [4.78, 5) is 13.2. The summed E-state index contributed by atoms with van der Waals surface area (Å²) < 4.78 is 5.54. The molecule has 1 atom stereocenters. The van der Waals surface area contributed by atoms with Crippen LogP contribution in [0.5, 0.6) is 0 Å². The van der Waals surface area contributed by atoms with Crippen LogP contribution in [-0.2, 0) is 4.74 Å². The van der Waals surface area contributed by atoms with Gasteiger partial charge in [-0.25, -0.2) is 0 Å². The fraction of sp³-hybridized carbons (Fsp3) is 0.500. The van der Waals surface area contributed by atoms with Crippen LogP contribution in [0.3, 0.4) is 0 Å². The number of thioether (sulfide) groups is 1. The summed E-state index contributed by atoms with van der Waals surface area (Å²) in [5, 5.41) is 0. The van der Waals surface area contributed by atoms with Crippen molar-refractivity contribution in [3.63, 3.8) is 0 Å². The molecule has 0 amide bonds. The van der Waals surface area contributed by atoms with Crippen molar-refractivity contribution in [2.75, 3.05) is 12.9 Å². The van der Waals surface area contributed by atoms with Gasteiger partial charge in [0.25, 0.3) is 0 Å². The topological polar surface area (TPSA) is 26.3 Å². The zero-order valence-corrected chi connectivity index (χ0v) is 11.0. The quantitative estimate of drug-likeness (QED) is 0.590. The van der Waals surface area contributed by atoms with Crippen LogP contribution >= 0.6 is 11.8 Å². The second-order valence-electron chi connectivity index (χ2n) is 4.30. The van der Waals surface area contributed by atoms with Gasteiger partial charge < -0.3 is 4.74 Å². The molecular formula is C14H18O2S. The van der Waals surface area contributed by atoms with Crippen molar-refractivity contribution >= 4 is 17.5 Å². The Balaban J connectivity index is 1.94. The van der Waals surface area contributed by atoms with Crippen molar-refractivity contribution in [2.24, 2.45) is 0 Å². The van der Waals surface area contributed by atoms with E-state index in [9.17, 15) is 4.79 Å². The minimum atomic E-state index is 0.241. The first-order valence-electron chi connectivity index (χ1n) is 6.09. The second kappa shape index (κ2) is 6.22. The molecule has 1 heterocycles. The summed E-state index contributed by atoms with van der Waals surface area (Å²) in [6.45, 7) is 0.861. The molecule has 0 saturated carbocycles. The van der Waals surface area contributed by atoms with Crippen molar-refractivity contribution < 1.29 is 9.53 Å². The number of ether oxygens (including phenoxy) is 1. The number of rotatable bonds is 5. The van der Waals surface area contributed by atoms with Gasteiger partial charge in [0.1, 0.15) is 0 Å². The van der Waals surface area contributed by atoms with Crippen LogP contribution in [0.15, 0.2) is 29.2 Å². The van der Waals surface area contributed by atoms with Gasteiger partial charge >= 0.3 is 0 Å². The van der Waals surface area contributed by atoms with E-state index >= 15 is 0 Å². The van der Waals surface area contributed by atoms with Crippen molar-refractivity contribution in [3.8, 4) is 0 Å². The highest BCUT2D eigenvalue weighted by molar-refractivity contribution is 7.98. The zero-order valence-electron chi connectivity index (χ0n) is 10.1. The summed E-state index contributed by atoms with van der Waals surface area (Å²) in [5.41, 5.74) is 0.859. The van der Waals surface area contributed by atoms with Crippen molar-refractivity contribution in [1.82, 2.24) is 0 Å². The maximum Gasteiger partial charge on any atom is 0.164 e. The van der Waals surface area contributed by atoms with E-state index in [4.69, 9.17) is 4.74 Å². The smallest absolute Gasteiger partial charge is 0.164 e. The van der Waals surface area contributed by atoms with E-state index in [1.165, 1.54) is 0 Å². The average molecular weight is 250 g/mol. The molecule has 1 aromatic rings. The minimum absolute atomic E-state index is 0.241. The van der Waals surface area contributed by atoms with Gasteiger partial charge in [-0.15, -0.1) is 11.8 Å². The standard InChI is InChI=1S/C14H18O2S/c1-17-14-7-3-2-6-12(14)13(15)9-8-11-5-4-10-16-11/h2-3,6-7,11H,4-5,8-10H2,1H3. The van der Waals surface area contributed by atoms with Gasteiger partial charge in [-0.2, -0.15) is 0 Å². The van der Waals surface area contributed by atoms with E-state index in [0.717, 1.165) is 36.3 Å². The molecule has 2 rings (SSSR count). The molecule has 0 bridgehead atoms. The molecule has 92 valence electrons. The number of Topliss-reactive ketones (excluding diaryl/α,β-unsaturated/α-hetero) is 1. The zero-order chi connectivity index (χ0) is 12.1. The number of carbonyl (C=O) groups excluding carboxylic acids is 1. The number of carbonyl (C=O) groups is 1. The lowest BCUT2D eigenvalue weighted by Gasteiger charge is -2.09. The molecule has 1 fully saturated rings. The number of benzene rings is 1. The van der Waals surface area contributed by atoms with Gasteiger partial charge in [0.05, 0.1) is 6.10 Å². The molecule has 3 heteroatoms. The first-order chi connectivity index (χ1) is 8.31. The maximum absolute atomic E-state index is 12.1. The van der Waals surface area contributed by atoms with Gasteiger partial charge in [0.15, 0.2) is 5.78 Å². The van der Waals surface area contributed by atoms with Crippen LogP contribution in [0.2, 0.25) is 0 Å². The Morgan fingerprint density at radius 3 is 3.00 bits per heavy atom. The molecule has 1 aromatic carbocycles. The van der Waals surface area contributed by atoms with Crippen LogP contribution < -0.4 is 0 Å². The minimum Gasteiger partial charge on any atom is -0.378 e. The highest BCUT2D eigenvalue weighted by Gasteiger charge is 2.18. The van der Waals surface area contributed by atoms with Crippen LogP contribution in [0.1, 0.15) is 36.0 Å². The van der Waals surface area contributed by atoms with Gasteiger partial charge in [-0.1, -0.05) is 18.2 Å². The largest absolute Gasteiger partial charge is 0.378 e. The van der Waals surface area contributed by atoms with Gasteiger partial charge in [-0.05, 0) is 31.6 Å². The Bertz CT molecular complexity index is 384. The summed E-state index contributed by atoms with van der Waals surface area (Å²) in [5.74, 6) is 0.241. The molecule has 2 nitrogen and oxygen atoms in total. The number of ketones is 1. The Morgan fingerprint density at radius 2 is 2.29 bits per heavy atom. The van der Waals surface area contributed by atoms with Crippen LogP contribution in [0, 0.1) is 0 Å². The van der Waals surface area contributed by atoms with Crippen molar-refractivity contribution in [3.05, 3.63) is 29.8 Å². The van der Waals surface area contributed by atoms with E-state index in [1.807, 2.05) is 30.5 Å². The predicted octanol–water partition coefficient (Wildman–Crippen LogP) is 3.55. The van der Waals surface area contributed by atoms with Crippen LogP contribution in [0.25, 0.3) is 0 Å². The molecule has 1 aliphatic heterocycles. The third-order valence-corrected chi connectivity index (χ3v) is 3.92. The van der Waals surface area contributed by atoms with Gasteiger partial charge in [0, 0.05) is 23.5 Å². The van der Waals surface area contributed by atoms with E-state index in [1.54, 1.807) is 11.8 Å². The summed E-state index contributed by atoms with van der Waals surface area (Å²) in [6.07, 6.45) is 6.02. The third kappa shape index (κ3) is 3.33. The van der Waals surface area contributed by atoms with E-state index in [-0.39, 0.29) is 5.78 Å². The molecule has 0 N–H and O–H groups in total.